The Morgan fingerprint density at radius 3 is 2.25 bits per heavy atom. The van der Waals surface area contributed by atoms with Gasteiger partial charge >= 0.3 is 0 Å². The van der Waals surface area contributed by atoms with Crippen molar-refractivity contribution in [1.29, 1.82) is 0 Å². The Balaban J connectivity index is 1.27. The summed E-state index contributed by atoms with van der Waals surface area (Å²) in [5.74, 6) is 2.80. The lowest BCUT2D eigenvalue weighted by atomic mass is 9.68. The summed E-state index contributed by atoms with van der Waals surface area (Å²) < 4.78 is 48.6. The van der Waals surface area contributed by atoms with Gasteiger partial charge in [0.2, 0.25) is 10.0 Å². The van der Waals surface area contributed by atoms with Crippen molar-refractivity contribution in [2.45, 2.75) is 61.5 Å². The van der Waals surface area contributed by atoms with Gasteiger partial charge in [-0.05, 0) is 121 Å². The summed E-state index contributed by atoms with van der Waals surface area (Å²) in [6.07, 6.45) is 6.94. The lowest BCUT2D eigenvalue weighted by molar-refractivity contribution is 0.159. The van der Waals surface area contributed by atoms with Gasteiger partial charge in [-0.15, -0.1) is 6.58 Å². The summed E-state index contributed by atoms with van der Waals surface area (Å²) in [5.41, 5.74) is 11.3. The number of nitrogens with two attached hydrogens (primary N) is 1. The van der Waals surface area contributed by atoms with Gasteiger partial charge in [-0.3, -0.25) is 0 Å². The topological polar surface area (TPSA) is 94.3 Å². The quantitative estimate of drug-likeness (QED) is 0.148. The molecule has 4 aromatic rings. The highest BCUT2D eigenvalue weighted by atomic mass is 35.5. The molecule has 8 nitrogen and oxygen atoms in total. The predicted octanol–water partition coefficient (Wildman–Crippen LogP) is 7.76. The minimum atomic E-state index is -3.99. The van der Waals surface area contributed by atoms with Crippen LogP contribution in [0.5, 0.6) is 17.2 Å². The van der Waals surface area contributed by atoms with E-state index in [1.807, 2.05) is 72.8 Å². The van der Waals surface area contributed by atoms with Crippen LogP contribution in [0.2, 0.25) is 5.02 Å². The smallest absolute Gasteiger partial charge is 0.243 e. The Morgan fingerprint density at radius 2 is 1.65 bits per heavy atom. The number of benzene rings is 4. The number of hydrogen-bond acceptors (Lipinski definition) is 7. The predicted molar refractivity (Wildman–Crippen MR) is 207 cm³/mol. The molecular weight excluding hydrogens is 694 g/mol. The Morgan fingerprint density at radius 1 is 0.981 bits per heavy atom. The van der Waals surface area contributed by atoms with Gasteiger partial charge in [-0.2, -0.15) is 4.31 Å². The molecule has 0 amide bonds. The van der Waals surface area contributed by atoms with E-state index in [0.29, 0.717) is 42.2 Å². The van der Waals surface area contributed by atoms with Crippen LogP contribution in [0, 0.1) is 11.8 Å². The third kappa shape index (κ3) is 7.29. The highest BCUT2D eigenvalue weighted by molar-refractivity contribution is 7.89. The molecule has 0 radical (unpaired) electrons. The lowest BCUT2D eigenvalue weighted by Gasteiger charge is -2.45. The fourth-order valence-electron chi connectivity index (χ4n) is 8.28. The molecule has 2 N–H and O–H groups in total. The normalized spacial score (nSPS) is 21.7. The Bertz CT molecular complexity index is 1960. The van der Waals surface area contributed by atoms with Crippen molar-refractivity contribution in [2.75, 3.05) is 38.8 Å². The summed E-state index contributed by atoms with van der Waals surface area (Å²) in [6, 6.07) is 26.5. The molecule has 1 heterocycles. The summed E-state index contributed by atoms with van der Waals surface area (Å²) in [7, 11) is -0.761. The molecule has 4 aromatic carbocycles. The molecule has 1 fully saturated rings. The molecule has 0 unspecified atom stereocenters. The molecular formula is C42H48ClN3O5S. The van der Waals surface area contributed by atoms with Crippen LogP contribution in [0.1, 0.15) is 47.9 Å². The molecule has 0 aromatic heterocycles. The number of halogens is 1. The Hall–Kier alpha value is -4.02. The van der Waals surface area contributed by atoms with E-state index in [-0.39, 0.29) is 29.4 Å². The van der Waals surface area contributed by atoms with Crippen molar-refractivity contribution in [3.8, 4) is 17.2 Å². The van der Waals surface area contributed by atoms with Crippen LogP contribution in [-0.2, 0) is 34.9 Å². The third-order valence-corrected chi connectivity index (χ3v) is 13.4. The van der Waals surface area contributed by atoms with E-state index in [0.717, 1.165) is 60.5 Å². The van der Waals surface area contributed by atoms with Gasteiger partial charge in [0.15, 0.2) is 0 Å². The third-order valence-electron chi connectivity index (χ3n) is 11.4. The average Bonchev–Trinajstić information content (AvgIpc) is 3.30. The Labute approximate surface area is 313 Å². The largest absolute Gasteiger partial charge is 0.497 e. The second-order valence-corrected chi connectivity index (χ2v) is 16.9. The zero-order valence-corrected chi connectivity index (χ0v) is 31.5. The molecule has 0 saturated heterocycles. The molecule has 1 aliphatic heterocycles. The number of aryl methyl sites for hydroxylation is 1. The average molecular weight is 742 g/mol. The maximum absolute atomic E-state index is 14.8. The first-order valence-corrected chi connectivity index (χ1v) is 19.9. The van der Waals surface area contributed by atoms with Gasteiger partial charge in [-0.25, -0.2) is 8.42 Å². The number of methoxy groups -OCH3 is 2. The van der Waals surface area contributed by atoms with Crippen molar-refractivity contribution < 1.29 is 22.6 Å². The van der Waals surface area contributed by atoms with Crippen LogP contribution < -0.4 is 24.8 Å². The van der Waals surface area contributed by atoms with Crippen molar-refractivity contribution in [3.63, 3.8) is 0 Å². The summed E-state index contributed by atoms with van der Waals surface area (Å²) in [5, 5.41) is 0.741. The van der Waals surface area contributed by atoms with Crippen LogP contribution >= 0.6 is 11.6 Å². The standard InChI is InChI=1S/C42H48ClN3O5S/c1-4-39(44)37-18-11-32(37)26-45-27-42(21-5-6-31-22-33(43)12-19-38(31)42)28-51-41-20-17-36(23-40(41)45)52(47,48)46(24-29-7-13-34(49-2)14-8-29)25-30-9-15-35(50-3)16-10-30/h4,7-10,12-17,19-20,22-23,32,37,39H,1,5-6,11,18,21,24-28,44H2,2-3H3/t32-,37+,39-,42-/m0/s1. The SMILES string of the molecule is C=C[C@H](N)[C@@H]1CC[C@H]1CN1C[C@@]2(CCCc3cc(Cl)ccc32)COc2ccc(S(=O)(=O)N(Cc3ccc(OC)cc3)Cc3ccc(OC)cc3)cc21. The van der Waals surface area contributed by atoms with E-state index in [2.05, 4.69) is 23.6 Å². The lowest BCUT2D eigenvalue weighted by Crippen LogP contribution is -2.50. The van der Waals surface area contributed by atoms with E-state index in [9.17, 15) is 8.42 Å². The maximum Gasteiger partial charge on any atom is 0.243 e. The van der Waals surface area contributed by atoms with E-state index < -0.39 is 10.0 Å². The van der Waals surface area contributed by atoms with Gasteiger partial charge in [0.05, 0.1) is 31.4 Å². The highest BCUT2D eigenvalue weighted by Crippen LogP contribution is 2.47. The van der Waals surface area contributed by atoms with Crippen LogP contribution in [0.25, 0.3) is 0 Å². The number of rotatable bonds is 12. The number of fused-ring (bicyclic) bond motifs is 3. The van der Waals surface area contributed by atoms with Crippen LogP contribution in [0.3, 0.4) is 0 Å². The second kappa shape index (κ2) is 15.1. The van der Waals surface area contributed by atoms with E-state index in [1.54, 1.807) is 20.3 Å². The molecule has 52 heavy (non-hydrogen) atoms. The Kier molecular flexibility index (Phi) is 10.6. The minimum Gasteiger partial charge on any atom is -0.497 e. The zero-order valence-electron chi connectivity index (χ0n) is 30.0. The number of anilines is 1. The molecule has 7 rings (SSSR count). The second-order valence-electron chi connectivity index (χ2n) is 14.5. The first kappa shape index (κ1) is 36.3. The van der Waals surface area contributed by atoms with Crippen molar-refractivity contribution in [2.24, 2.45) is 17.6 Å². The van der Waals surface area contributed by atoms with E-state index in [1.165, 1.54) is 15.4 Å². The van der Waals surface area contributed by atoms with Crippen molar-refractivity contribution >= 4 is 27.3 Å². The maximum atomic E-state index is 14.8. The van der Waals surface area contributed by atoms with Gasteiger partial charge < -0.3 is 24.8 Å². The van der Waals surface area contributed by atoms with Gasteiger partial charge in [-0.1, -0.05) is 48.0 Å². The van der Waals surface area contributed by atoms with Crippen LogP contribution in [-0.4, -0.2) is 52.7 Å². The summed E-state index contributed by atoms with van der Waals surface area (Å²) >= 11 is 6.47. The number of hydrogen-bond donors (Lipinski definition) is 1. The molecule has 1 saturated carbocycles. The molecule has 274 valence electrons. The van der Waals surface area contributed by atoms with E-state index in [4.69, 9.17) is 31.5 Å². The van der Waals surface area contributed by atoms with Gasteiger partial charge in [0, 0.05) is 42.7 Å². The molecule has 10 heteroatoms. The molecule has 1 spiro atoms. The van der Waals surface area contributed by atoms with Crippen LogP contribution in [0.15, 0.2) is 102 Å². The van der Waals surface area contributed by atoms with Crippen molar-refractivity contribution in [1.82, 2.24) is 4.31 Å². The zero-order chi connectivity index (χ0) is 36.5. The first-order valence-electron chi connectivity index (χ1n) is 18.1. The fraction of sp³-hybridized carbons (Fsp3) is 0.381. The molecule has 0 bridgehead atoms. The molecule has 4 atom stereocenters. The van der Waals surface area contributed by atoms with Gasteiger partial charge in [0.1, 0.15) is 17.2 Å². The van der Waals surface area contributed by atoms with E-state index >= 15 is 0 Å². The van der Waals surface area contributed by atoms with Gasteiger partial charge in [0.25, 0.3) is 0 Å². The highest BCUT2D eigenvalue weighted by Gasteiger charge is 2.44. The monoisotopic (exact) mass is 741 g/mol. The number of ether oxygens (including phenoxy) is 3. The molecule has 3 aliphatic rings. The van der Waals surface area contributed by atoms with Crippen molar-refractivity contribution in [3.05, 3.63) is 125 Å². The molecule has 2 aliphatic carbocycles. The number of sulfonamides is 1. The first-order chi connectivity index (χ1) is 25.1. The fourth-order valence-corrected chi connectivity index (χ4v) is 9.92. The number of nitrogens with zero attached hydrogens (tertiary/aromatic N) is 2. The summed E-state index contributed by atoms with van der Waals surface area (Å²) in [4.78, 5) is 2.61. The van der Waals surface area contributed by atoms with Crippen LogP contribution in [0.4, 0.5) is 5.69 Å². The minimum absolute atomic E-state index is 0.0795. The summed E-state index contributed by atoms with van der Waals surface area (Å²) in [6.45, 7) is 6.29.